The molecule has 0 bridgehead atoms. The second-order valence-corrected chi connectivity index (χ2v) is 4.89. The van der Waals surface area contributed by atoms with E-state index in [-0.39, 0.29) is 5.91 Å². The highest BCUT2D eigenvalue weighted by molar-refractivity contribution is 7.15. The van der Waals surface area contributed by atoms with E-state index in [2.05, 4.69) is 4.98 Å². The van der Waals surface area contributed by atoms with Gasteiger partial charge in [0.25, 0.3) is 5.91 Å². The number of carbonyl (C=O) groups is 1. The molecule has 84 valence electrons. The summed E-state index contributed by atoms with van der Waals surface area (Å²) in [5, 5.41) is 1.90. The fourth-order valence-electron chi connectivity index (χ4n) is 2.14. The van der Waals surface area contributed by atoms with Gasteiger partial charge >= 0.3 is 0 Å². The zero-order chi connectivity index (χ0) is 11.0. The van der Waals surface area contributed by atoms with Gasteiger partial charge in [0.15, 0.2) is 4.96 Å². The highest BCUT2D eigenvalue weighted by Crippen LogP contribution is 2.18. The molecule has 0 aromatic carbocycles. The van der Waals surface area contributed by atoms with Crippen LogP contribution >= 0.6 is 11.3 Å². The van der Waals surface area contributed by atoms with Crippen molar-refractivity contribution in [2.45, 2.75) is 19.3 Å². The summed E-state index contributed by atoms with van der Waals surface area (Å²) in [6.07, 6.45) is 7.08. The van der Waals surface area contributed by atoms with E-state index in [9.17, 15) is 4.79 Å². The molecule has 1 fully saturated rings. The SMILES string of the molecule is O=C(c1csc2nccn12)N1CCCCC1. The summed E-state index contributed by atoms with van der Waals surface area (Å²) in [6.45, 7) is 1.79. The number of amides is 1. The lowest BCUT2D eigenvalue weighted by atomic mass is 10.1. The largest absolute Gasteiger partial charge is 0.337 e. The van der Waals surface area contributed by atoms with E-state index in [1.54, 1.807) is 6.20 Å². The summed E-state index contributed by atoms with van der Waals surface area (Å²) in [5.74, 6) is 0.143. The van der Waals surface area contributed by atoms with Crippen LogP contribution in [0, 0.1) is 0 Å². The number of thiazole rings is 1. The van der Waals surface area contributed by atoms with E-state index in [1.165, 1.54) is 17.8 Å². The molecule has 1 aliphatic rings. The zero-order valence-electron chi connectivity index (χ0n) is 8.93. The van der Waals surface area contributed by atoms with Crippen LogP contribution in [0.5, 0.6) is 0 Å². The van der Waals surface area contributed by atoms with Gasteiger partial charge in [-0.25, -0.2) is 4.98 Å². The summed E-state index contributed by atoms with van der Waals surface area (Å²) in [6, 6.07) is 0. The number of fused-ring (bicyclic) bond motifs is 1. The van der Waals surface area contributed by atoms with E-state index in [4.69, 9.17) is 0 Å². The number of imidazole rings is 1. The third kappa shape index (κ3) is 1.51. The Balaban J connectivity index is 1.91. The van der Waals surface area contributed by atoms with Gasteiger partial charge in [-0.15, -0.1) is 11.3 Å². The number of carbonyl (C=O) groups excluding carboxylic acids is 1. The Labute approximate surface area is 97.5 Å². The van der Waals surface area contributed by atoms with Gasteiger partial charge in [0, 0.05) is 30.9 Å². The standard InChI is InChI=1S/C11H13N3OS/c15-10(13-5-2-1-3-6-13)9-8-16-11-12-4-7-14(9)11/h4,7-8H,1-3,5-6H2. The average molecular weight is 235 g/mol. The zero-order valence-corrected chi connectivity index (χ0v) is 9.74. The highest BCUT2D eigenvalue weighted by atomic mass is 32.1. The number of rotatable bonds is 1. The van der Waals surface area contributed by atoms with Crippen LogP contribution in [0.3, 0.4) is 0 Å². The molecule has 0 aliphatic carbocycles. The fraction of sp³-hybridized carbons (Fsp3) is 0.455. The topological polar surface area (TPSA) is 37.6 Å². The normalized spacial score (nSPS) is 16.9. The van der Waals surface area contributed by atoms with Crippen molar-refractivity contribution in [3.8, 4) is 0 Å². The first-order valence-electron chi connectivity index (χ1n) is 5.56. The molecule has 0 radical (unpaired) electrons. The Morgan fingerprint density at radius 2 is 2.12 bits per heavy atom. The van der Waals surface area contributed by atoms with Crippen LogP contribution in [-0.4, -0.2) is 33.3 Å². The summed E-state index contributed by atoms with van der Waals surface area (Å²) >= 11 is 1.52. The number of likely N-dealkylation sites (tertiary alicyclic amines) is 1. The molecule has 16 heavy (non-hydrogen) atoms. The molecule has 2 aromatic heterocycles. The van der Waals surface area contributed by atoms with Crippen molar-refractivity contribution in [3.63, 3.8) is 0 Å². The maximum atomic E-state index is 12.3. The van der Waals surface area contributed by atoms with E-state index >= 15 is 0 Å². The first-order valence-corrected chi connectivity index (χ1v) is 6.44. The Morgan fingerprint density at radius 1 is 1.31 bits per heavy atom. The van der Waals surface area contributed by atoms with Crippen LogP contribution in [-0.2, 0) is 0 Å². The Morgan fingerprint density at radius 3 is 2.94 bits per heavy atom. The van der Waals surface area contributed by atoms with Crippen molar-refractivity contribution in [2.75, 3.05) is 13.1 Å². The molecule has 0 atom stereocenters. The van der Waals surface area contributed by atoms with Crippen LogP contribution in [0.4, 0.5) is 0 Å². The van der Waals surface area contributed by atoms with E-state index in [0.717, 1.165) is 36.6 Å². The Kier molecular flexibility index (Phi) is 2.40. The lowest BCUT2D eigenvalue weighted by molar-refractivity contribution is 0.0717. The molecule has 1 saturated heterocycles. The number of aromatic nitrogens is 2. The smallest absolute Gasteiger partial charge is 0.271 e. The maximum Gasteiger partial charge on any atom is 0.271 e. The monoisotopic (exact) mass is 235 g/mol. The molecule has 5 heteroatoms. The second-order valence-electron chi connectivity index (χ2n) is 4.05. The molecule has 4 nitrogen and oxygen atoms in total. The average Bonchev–Trinajstić information content (AvgIpc) is 2.91. The first-order chi connectivity index (χ1) is 7.86. The third-order valence-corrected chi connectivity index (χ3v) is 3.86. The first kappa shape index (κ1) is 9.84. The van der Waals surface area contributed by atoms with Crippen LogP contribution in [0.2, 0.25) is 0 Å². The molecule has 0 spiro atoms. The lowest BCUT2D eigenvalue weighted by Gasteiger charge is -2.26. The van der Waals surface area contributed by atoms with Crippen molar-refractivity contribution in [1.82, 2.24) is 14.3 Å². The Bertz CT molecular complexity index is 510. The highest BCUT2D eigenvalue weighted by Gasteiger charge is 2.21. The molecule has 0 N–H and O–H groups in total. The Hall–Kier alpha value is -1.36. The predicted octanol–water partition coefficient (Wildman–Crippen LogP) is 2.02. The van der Waals surface area contributed by atoms with Crippen molar-refractivity contribution in [3.05, 3.63) is 23.5 Å². The molecule has 2 aromatic rings. The molecule has 1 amide bonds. The van der Waals surface area contributed by atoms with Gasteiger partial charge in [-0.05, 0) is 19.3 Å². The fourth-order valence-corrected chi connectivity index (χ4v) is 2.96. The molecular formula is C11H13N3OS. The predicted molar refractivity (Wildman–Crippen MR) is 62.8 cm³/mol. The second kappa shape index (κ2) is 3.90. The van der Waals surface area contributed by atoms with Crippen molar-refractivity contribution in [1.29, 1.82) is 0 Å². The summed E-state index contributed by atoms with van der Waals surface area (Å²) in [4.78, 5) is 19.3. The van der Waals surface area contributed by atoms with Crippen LogP contribution in [0.1, 0.15) is 29.8 Å². The number of nitrogens with zero attached hydrogens (tertiary/aromatic N) is 3. The van der Waals surface area contributed by atoms with Crippen LogP contribution in [0.25, 0.3) is 4.96 Å². The minimum Gasteiger partial charge on any atom is -0.337 e. The van der Waals surface area contributed by atoms with Gasteiger partial charge in [0.2, 0.25) is 0 Å². The third-order valence-electron chi connectivity index (χ3n) is 3.00. The van der Waals surface area contributed by atoms with Gasteiger partial charge < -0.3 is 4.90 Å². The van der Waals surface area contributed by atoms with Crippen LogP contribution < -0.4 is 0 Å². The van der Waals surface area contributed by atoms with Crippen LogP contribution in [0.15, 0.2) is 17.8 Å². The van der Waals surface area contributed by atoms with Gasteiger partial charge in [-0.3, -0.25) is 9.20 Å². The van der Waals surface area contributed by atoms with E-state index in [1.807, 2.05) is 20.9 Å². The quantitative estimate of drug-likeness (QED) is 0.758. The number of piperidine rings is 1. The van der Waals surface area contributed by atoms with E-state index < -0.39 is 0 Å². The van der Waals surface area contributed by atoms with Gasteiger partial charge in [-0.2, -0.15) is 0 Å². The van der Waals surface area contributed by atoms with Crippen molar-refractivity contribution < 1.29 is 4.79 Å². The number of hydrogen-bond acceptors (Lipinski definition) is 3. The van der Waals surface area contributed by atoms with Gasteiger partial charge in [0.05, 0.1) is 0 Å². The summed E-state index contributed by atoms with van der Waals surface area (Å²) in [5.41, 5.74) is 0.749. The minimum absolute atomic E-state index is 0.143. The van der Waals surface area contributed by atoms with Crippen molar-refractivity contribution >= 4 is 22.2 Å². The molecule has 3 rings (SSSR count). The minimum atomic E-state index is 0.143. The summed E-state index contributed by atoms with van der Waals surface area (Å²) < 4.78 is 1.88. The molecule has 3 heterocycles. The molecule has 0 saturated carbocycles. The van der Waals surface area contributed by atoms with E-state index in [0.29, 0.717) is 0 Å². The summed E-state index contributed by atoms with van der Waals surface area (Å²) in [7, 11) is 0. The maximum absolute atomic E-state index is 12.3. The van der Waals surface area contributed by atoms with Crippen molar-refractivity contribution in [2.24, 2.45) is 0 Å². The molecule has 0 unspecified atom stereocenters. The molecule has 1 aliphatic heterocycles. The lowest BCUT2D eigenvalue weighted by Crippen LogP contribution is -2.36. The molecular weight excluding hydrogens is 222 g/mol. The van der Waals surface area contributed by atoms with Gasteiger partial charge in [-0.1, -0.05) is 0 Å². The number of hydrogen-bond donors (Lipinski definition) is 0. The van der Waals surface area contributed by atoms with Gasteiger partial charge in [0.1, 0.15) is 5.69 Å².